The van der Waals surface area contributed by atoms with E-state index < -0.39 is 0 Å². The molecule has 0 unspecified atom stereocenters. The topological polar surface area (TPSA) is 62.6 Å². The molecule has 1 heterocycles. The molecule has 0 spiro atoms. The quantitative estimate of drug-likeness (QED) is 0.137. The van der Waals surface area contributed by atoms with Crippen molar-refractivity contribution in [2.75, 3.05) is 19.8 Å². The number of nitrogens with zero attached hydrogens (tertiary/aromatic N) is 2. The number of hydrogen-bond donors (Lipinski definition) is 0. The summed E-state index contributed by atoms with van der Waals surface area (Å²) in [6.45, 7) is 9.96. The van der Waals surface area contributed by atoms with Gasteiger partial charge in [0.05, 0.1) is 43.0 Å². The molecule has 0 saturated heterocycles. The average molecular weight is 535 g/mol. The Hall–Kier alpha value is -3.51. The highest BCUT2D eigenvalue weighted by atomic mass is 35.5. The van der Waals surface area contributed by atoms with Crippen molar-refractivity contribution in [2.24, 2.45) is 0 Å². The molecule has 6 nitrogen and oxygen atoms in total. The van der Waals surface area contributed by atoms with Gasteiger partial charge in [0.15, 0.2) is 0 Å². The normalized spacial score (nSPS) is 11.1. The lowest BCUT2D eigenvalue weighted by Gasteiger charge is -2.13. The molecule has 3 aromatic carbocycles. The molecular formula is C31H35ClN2O4. The van der Waals surface area contributed by atoms with Gasteiger partial charge in [0.2, 0.25) is 0 Å². The van der Waals surface area contributed by atoms with E-state index in [1.54, 1.807) is 13.0 Å². The maximum absolute atomic E-state index is 12.3. The number of unbranched alkanes of at least 4 members (excludes halogenated alkanes) is 2. The van der Waals surface area contributed by atoms with E-state index in [0.29, 0.717) is 43.0 Å². The first-order chi connectivity index (χ1) is 18.4. The molecule has 0 aliphatic rings. The molecule has 0 radical (unpaired) electrons. The lowest BCUT2D eigenvalue weighted by Crippen LogP contribution is -2.06. The van der Waals surface area contributed by atoms with E-state index in [9.17, 15) is 4.79 Å². The number of imidazole rings is 1. The van der Waals surface area contributed by atoms with Crippen molar-refractivity contribution in [3.63, 3.8) is 0 Å². The molecule has 7 heteroatoms. The second-order valence-electron chi connectivity index (χ2n) is 9.18. The first kappa shape index (κ1) is 27.5. The van der Waals surface area contributed by atoms with Crippen LogP contribution in [0.1, 0.15) is 61.5 Å². The number of ether oxygens (including phenoxy) is 3. The maximum Gasteiger partial charge on any atom is 0.338 e. The van der Waals surface area contributed by atoms with Crippen LogP contribution in [0.5, 0.6) is 11.8 Å². The first-order valence-corrected chi connectivity index (χ1v) is 13.6. The number of halogens is 1. The van der Waals surface area contributed by atoms with Crippen LogP contribution in [0.3, 0.4) is 0 Å². The number of esters is 1. The predicted octanol–water partition coefficient (Wildman–Crippen LogP) is 7.86. The number of carbonyl (C=O) groups is 1. The van der Waals surface area contributed by atoms with Crippen molar-refractivity contribution in [3.05, 3.63) is 76.3 Å². The minimum atomic E-state index is -0.330. The number of fused-ring (bicyclic) bond motifs is 1. The fraction of sp³-hybridized carbons (Fsp3) is 0.355. The van der Waals surface area contributed by atoms with Crippen LogP contribution in [-0.4, -0.2) is 35.3 Å². The van der Waals surface area contributed by atoms with Crippen molar-refractivity contribution < 1.29 is 19.0 Å². The Morgan fingerprint density at radius 2 is 1.79 bits per heavy atom. The largest absolute Gasteiger partial charge is 0.494 e. The van der Waals surface area contributed by atoms with Gasteiger partial charge in [0.25, 0.3) is 6.01 Å². The lowest BCUT2D eigenvalue weighted by atomic mass is 10.00. The molecular weight excluding hydrogens is 500 g/mol. The summed E-state index contributed by atoms with van der Waals surface area (Å²) in [6.07, 6.45) is 3.33. The SMILES string of the molecule is CCCCCOc1ccc(Cn2c(OCC)nc3c(C)cc(-c4cccc(C(=O)OCC)c4)cc32)c(Cl)c1. The monoisotopic (exact) mass is 534 g/mol. The van der Waals surface area contributed by atoms with Gasteiger partial charge in [-0.3, -0.25) is 4.57 Å². The van der Waals surface area contributed by atoms with Crippen molar-refractivity contribution in [1.29, 1.82) is 0 Å². The third kappa shape index (κ3) is 6.30. The van der Waals surface area contributed by atoms with E-state index in [-0.39, 0.29) is 5.97 Å². The van der Waals surface area contributed by atoms with Crippen LogP contribution in [0.2, 0.25) is 5.02 Å². The van der Waals surface area contributed by atoms with E-state index in [1.807, 2.05) is 54.8 Å². The number of aryl methyl sites for hydroxylation is 1. The van der Waals surface area contributed by atoms with Gasteiger partial charge in [-0.05, 0) is 85.8 Å². The number of carbonyl (C=O) groups excluding carboxylic acids is 1. The third-order valence-electron chi connectivity index (χ3n) is 6.36. The summed E-state index contributed by atoms with van der Waals surface area (Å²) in [4.78, 5) is 17.1. The molecule has 0 aliphatic heterocycles. The molecule has 0 N–H and O–H groups in total. The van der Waals surface area contributed by atoms with Gasteiger partial charge in [-0.2, -0.15) is 4.98 Å². The summed E-state index contributed by atoms with van der Waals surface area (Å²) in [5.74, 6) is 0.443. The van der Waals surface area contributed by atoms with Crippen molar-refractivity contribution in [3.8, 4) is 22.9 Å². The van der Waals surface area contributed by atoms with Crippen LogP contribution in [0.15, 0.2) is 54.6 Å². The highest BCUT2D eigenvalue weighted by molar-refractivity contribution is 6.31. The van der Waals surface area contributed by atoms with Gasteiger partial charge >= 0.3 is 5.97 Å². The minimum Gasteiger partial charge on any atom is -0.494 e. The molecule has 1 aromatic heterocycles. The average Bonchev–Trinajstić information content (AvgIpc) is 3.26. The van der Waals surface area contributed by atoms with Crippen LogP contribution in [-0.2, 0) is 11.3 Å². The highest BCUT2D eigenvalue weighted by Crippen LogP contribution is 2.33. The van der Waals surface area contributed by atoms with E-state index in [2.05, 4.69) is 19.1 Å². The minimum absolute atomic E-state index is 0.330. The fourth-order valence-corrected chi connectivity index (χ4v) is 4.66. The third-order valence-corrected chi connectivity index (χ3v) is 6.71. The second-order valence-corrected chi connectivity index (χ2v) is 9.59. The van der Waals surface area contributed by atoms with Gasteiger partial charge < -0.3 is 14.2 Å². The standard InChI is InChI=1S/C31H35ClN2O4/c1-5-8-9-15-38-26-14-13-24(27(32)19-26)20-34-28-18-25(16-21(4)29(28)33-31(34)37-7-3)22-11-10-12-23(17-22)30(35)36-6-2/h10-14,16-19H,5-9,15,20H2,1-4H3. The van der Waals surface area contributed by atoms with Crippen molar-refractivity contribution in [1.82, 2.24) is 9.55 Å². The van der Waals surface area contributed by atoms with Gasteiger partial charge in [-0.1, -0.05) is 49.6 Å². The summed E-state index contributed by atoms with van der Waals surface area (Å²) in [5, 5.41) is 0.636. The number of hydrogen-bond acceptors (Lipinski definition) is 5. The zero-order valence-corrected chi connectivity index (χ0v) is 23.3. The van der Waals surface area contributed by atoms with Gasteiger partial charge in [-0.15, -0.1) is 0 Å². The number of rotatable bonds is 12. The summed E-state index contributed by atoms with van der Waals surface area (Å²) < 4.78 is 19.0. The zero-order valence-electron chi connectivity index (χ0n) is 22.6. The Bertz CT molecular complexity index is 1410. The summed E-state index contributed by atoms with van der Waals surface area (Å²) >= 11 is 6.70. The molecule has 4 aromatic rings. The second kappa shape index (κ2) is 12.8. The van der Waals surface area contributed by atoms with E-state index >= 15 is 0 Å². The predicted molar refractivity (Wildman–Crippen MR) is 153 cm³/mol. The zero-order chi connectivity index (χ0) is 27.1. The maximum atomic E-state index is 12.3. The molecule has 200 valence electrons. The molecule has 0 aliphatic carbocycles. The molecule has 0 amide bonds. The van der Waals surface area contributed by atoms with E-state index in [0.717, 1.165) is 58.3 Å². The van der Waals surface area contributed by atoms with Crippen LogP contribution in [0, 0.1) is 6.92 Å². The molecule has 0 fully saturated rings. The van der Waals surface area contributed by atoms with Crippen molar-refractivity contribution >= 4 is 28.6 Å². The van der Waals surface area contributed by atoms with Crippen LogP contribution < -0.4 is 9.47 Å². The van der Waals surface area contributed by atoms with Gasteiger partial charge in [0, 0.05) is 5.02 Å². The Balaban J connectivity index is 1.70. The highest BCUT2D eigenvalue weighted by Gasteiger charge is 2.18. The lowest BCUT2D eigenvalue weighted by molar-refractivity contribution is 0.0526. The van der Waals surface area contributed by atoms with Gasteiger partial charge in [0.1, 0.15) is 5.75 Å². The fourth-order valence-electron chi connectivity index (χ4n) is 4.43. The summed E-state index contributed by atoms with van der Waals surface area (Å²) in [5.41, 5.74) is 6.18. The van der Waals surface area contributed by atoms with Crippen LogP contribution in [0.4, 0.5) is 0 Å². The Morgan fingerprint density at radius 1 is 0.947 bits per heavy atom. The smallest absolute Gasteiger partial charge is 0.338 e. The molecule has 0 atom stereocenters. The number of benzene rings is 3. The first-order valence-electron chi connectivity index (χ1n) is 13.3. The molecule has 0 bridgehead atoms. The van der Waals surface area contributed by atoms with Crippen LogP contribution >= 0.6 is 11.6 Å². The summed E-state index contributed by atoms with van der Waals surface area (Å²) in [7, 11) is 0. The van der Waals surface area contributed by atoms with E-state index in [1.165, 1.54) is 0 Å². The van der Waals surface area contributed by atoms with Crippen molar-refractivity contribution in [2.45, 2.75) is 53.5 Å². The van der Waals surface area contributed by atoms with Crippen LogP contribution in [0.25, 0.3) is 22.2 Å². The Morgan fingerprint density at radius 3 is 2.53 bits per heavy atom. The number of aromatic nitrogens is 2. The summed E-state index contributed by atoms with van der Waals surface area (Å²) in [6, 6.07) is 18.0. The molecule has 0 saturated carbocycles. The Kier molecular flexibility index (Phi) is 9.29. The molecule has 38 heavy (non-hydrogen) atoms. The van der Waals surface area contributed by atoms with Gasteiger partial charge in [-0.25, -0.2) is 4.79 Å². The van der Waals surface area contributed by atoms with E-state index in [4.69, 9.17) is 30.8 Å². The molecule has 4 rings (SSSR count). The Labute approximate surface area is 229 Å².